The summed E-state index contributed by atoms with van der Waals surface area (Å²) < 4.78 is 6.18. The molecule has 0 aliphatic heterocycles. The molecule has 0 aromatic rings. The number of hydrogen-bond acceptors (Lipinski definition) is 2. The minimum Gasteiger partial charge on any atom is -0.481 e. The van der Waals surface area contributed by atoms with E-state index in [-0.39, 0.29) is 0 Å². The first-order valence-corrected chi connectivity index (χ1v) is 2.49. The van der Waals surface area contributed by atoms with Gasteiger partial charge in [0.25, 0.3) is 1.43 Å². The van der Waals surface area contributed by atoms with Gasteiger partial charge in [-0.2, -0.15) is 0 Å². The monoisotopic (exact) mass is 101 g/mol. The van der Waals surface area contributed by atoms with Crippen molar-refractivity contribution in [2.45, 2.75) is 19.3 Å². The summed E-state index contributed by atoms with van der Waals surface area (Å²) in [7, 11) is 0. The highest BCUT2D eigenvalue weighted by molar-refractivity contribution is 5.67. The van der Waals surface area contributed by atoms with Crippen LogP contribution in [0.15, 0.2) is 0 Å². The molecule has 0 atom stereocenters. The Labute approximate surface area is 43.6 Å². The van der Waals surface area contributed by atoms with E-state index in [1.807, 2.05) is 0 Å². The number of carbonyl (C=O) groups is 1. The van der Waals surface area contributed by atoms with E-state index in [0.29, 0.717) is 12.3 Å². The van der Waals surface area contributed by atoms with Gasteiger partial charge in [0.05, 0.1) is 0 Å². The van der Waals surface area contributed by atoms with Crippen molar-refractivity contribution in [2.75, 3.05) is 0 Å². The minimum atomic E-state index is -0.396. The standard InChI is InChI=1S/C5H8O2/c6-5(7)3-4-1-2-4/h4H,1-3H2,(H,6,7)/i/hD. The van der Waals surface area contributed by atoms with E-state index in [2.05, 4.69) is 5.11 Å². The first kappa shape index (κ1) is 3.47. The summed E-state index contributed by atoms with van der Waals surface area (Å²) in [5.41, 5.74) is 0. The number of aliphatic carboxylic acids is 1. The van der Waals surface area contributed by atoms with Gasteiger partial charge in [0.2, 0.25) is 0 Å². The summed E-state index contributed by atoms with van der Waals surface area (Å²) in [4.78, 5) is 10.3. The van der Waals surface area contributed by atoms with Crippen molar-refractivity contribution in [1.82, 2.24) is 0 Å². The highest BCUT2D eigenvalue weighted by Crippen LogP contribution is 2.31. The fourth-order valence-electron chi connectivity index (χ4n) is 0.558. The molecular formula is C5H8O2. The van der Waals surface area contributed by atoms with Crippen LogP contribution in [0.25, 0.3) is 1.43 Å². The fraction of sp³-hybridized carbons (Fsp3) is 0.800. The Morgan fingerprint density at radius 2 is 2.71 bits per heavy atom. The fourth-order valence-corrected chi connectivity index (χ4v) is 0.558. The van der Waals surface area contributed by atoms with Crippen molar-refractivity contribution in [3.8, 4) is 0 Å². The molecule has 0 bridgehead atoms. The zero-order chi connectivity index (χ0) is 5.98. The van der Waals surface area contributed by atoms with E-state index < -0.39 is 5.97 Å². The third-order valence-electron chi connectivity index (χ3n) is 1.15. The molecule has 0 spiro atoms. The highest BCUT2D eigenvalue weighted by atomic mass is 16.4. The van der Waals surface area contributed by atoms with E-state index in [0.717, 1.165) is 12.8 Å². The van der Waals surface area contributed by atoms with Crippen LogP contribution in [0.5, 0.6) is 0 Å². The quantitative estimate of drug-likeness (QED) is 0.560. The van der Waals surface area contributed by atoms with Crippen LogP contribution in [0.2, 0.25) is 0 Å². The van der Waals surface area contributed by atoms with E-state index >= 15 is 0 Å². The molecule has 1 fully saturated rings. The van der Waals surface area contributed by atoms with E-state index in [4.69, 9.17) is 1.43 Å². The molecule has 0 saturated heterocycles. The molecule has 0 aromatic carbocycles. The third-order valence-corrected chi connectivity index (χ3v) is 1.15. The first-order valence-electron chi connectivity index (χ1n) is 2.89. The number of carboxylic acid groups (broad SMARTS) is 1. The van der Waals surface area contributed by atoms with Crippen LogP contribution in [-0.4, -0.2) is 11.1 Å². The summed E-state index contributed by atoms with van der Waals surface area (Å²) in [6, 6.07) is 0. The van der Waals surface area contributed by atoms with Crippen molar-refractivity contribution >= 4 is 5.97 Å². The van der Waals surface area contributed by atoms with Crippen molar-refractivity contribution in [1.29, 1.82) is 1.43 Å². The number of hydrogen-bond donors (Lipinski definition) is 1. The second kappa shape index (κ2) is 1.52. The number of carboxylic acids is 1. The Hall–Kier alpha value is -0.530. The van der Waals surface area contributed by atoms with Crippen LogP contribution in [0, 0.1) is 5.92 Å². The molecule has 1 N–H and O–H groups in total. The Bertz CT molecular complexity index is 98.6. The largest absolute Gasteiger partial charge is 0.481 e. The van der Waals surface area contributed by atoms with Gasteiger partial charge in [-0.3, -0.25) is 4.79 Å². The molecule has 0 aromatic heterocycles. The SMILES string of the molecule is [2H]OC(=O)CC1CC1. The second-order valence-corrected chi connectivity index (χ2v) is 2.02. The predicted octanol–water partition coefficient (Wildman–Crippen LogP) is 0.871. The second-order valence-electron chi connectivity index (χ2n) is 2.02. The molecule has 1 saturated carbocycles. The maximum Gasteiger partial charge on any atom is 0.303 e. The zero-order valence-electron chi connectivity index (χ0n) is 5.02. The summed E-state index contributed by atoms with van der Waals surface area (Å²) in [6.07, 6.45) is 2.72. The van der Waals surface area contributed by atoms with Gasteiger partial charge < -0.3 is 5.11 Å². The predicted molar refractivity (Wildman–Crippen MR) is 25.0 cm³/mol. The number of rotatable bonds is 2. The molecule has 0 heterocycles. The minimum absolute atomic E-state index is 0.396. The van der Waals surface area contributed by atoms with E-state index in [1.54, 1.807) is 0 Å². The molecule has 2 nitrogen and oxygen atoms in total. The Morgan fingerprint density at radius 3 is 3.14 bits per heavy atom. The summed E-state index contributed by atoms with van der Waals surface area (Å²) in [6.45, 7) is 0. The molecule has 1 rings (SSSR count). The highest BCUT2D eigenvalue weighted by Gasteiger charge is 2.23. The van der Waals surface area contributed by atoms with Gasteiger partial charge in [0.1, 0.15) is 0 Å². The lowest BCUT2D eigenvalue weighted by atomic mass is 10.3. The maximum absolute atomic E-state index is 10.3. The van der Waals surface area contributed by atoms with Crippen LogP contribution in [0.3, 0.4) is 0 Å². The molecule has 1 aliphatic rings. The van der Waals surface area contributed by atoms with Gasteiger partial charge in [-0.25, -0.2) is 0 Å². The van der Waals surface area contributed by atoms with E-state index in [9.17, 15) is 4.79 Å². The van der Waals surface area contributed by atoms with Crippen molar-refractivity contribution in [2.24, 2.45) is 5.92 Å². The maximum atomic E-state index is 10.3. The van der Waals surface area contributed by atoms with Gasteiger partial charge in [0.15, 0.2) is 0 Å². The van der Waals surface area contributed by atoms with Gasteiger partial charge in [-0.05, 0) is 18.8 Å². The van der Waals surface area contributed by atoms with Crippen molar-refractivity contribution in [3.05, 3.63) is 0 Å². The summed E-state index contributed by atoms with van der Waals surface area (Å²) in [5.74, 6) is 0.139. The zero-order valence-corrected chi connectivity index (χ0v) is 4.02. The topological polar surface area (TPSA) is 37.3 Å². The smallest absolute Gasteiger partial charge is 0.303 e. The lowest BCUT2D eigenvalue weighted by Gasteiger charge is -1.82. The molecule has 0 amide bonds. The van der Waals surface area contributed by atoms with Gasteiger partial charge in [0, 0.05) is 6.42 Å². The molecule has 2 heteroatoms. The molecule has 0 radical (unpaired) electrons. The Kier molecular flexibility index (Phi) is 0.755. The van der Waals surface area contributed by atoms with Crippen LogP contribution < -0.4 is 0 Å². The van der Waals surface area contributed by atoms with Crippen LogP contribution >= 0.6 is 0 Å². The van der Waals surface area contributed by atoms with Crippen molar-refractivity contribution in [3.63, 3.8) is 0 Å². The third kappa shape index (κ3) is 1.57. The van der Waals surface area contributed by atoms with Gasteiger partial charge in [-0.15, -0.1) is 0 Å². The Balaban J connectivity index is 2.07. The average molecular weight is 101 g/mol. The lowest BCUT2D eigenvalue weighted by Crippen LogP contribution is -1.93. The molecular weight excluding hydrogens is 92.1 g/mol. The summed E-state index contributed by atoms with van der Waals surface area (Å²) >= 11 is 0. The van der Waals surface area contributed by atoms with E-state index in [1.165, 1.54) is 0 Å². The molecule has 0 unspecified atom stereocenters. The molecule has 7 heavy (non-hydrogen) atoms. The van der Waals surface area contributed by atoms with Crippen molar-refractivity contribution < 1.29 is 9.90 Å². The Morgan fingerprint density at radius 1 is 2.00 bits per heavy atom. The lowest BCUT2D eigenvalue weighted by molar-refractivity contribution is -0.137. The average Bonchev–Trinajstić information content (AvgIpc) is 2.50. The first-order chi connectivity index (χ1) is 3.83. The normalized spacial score (nSPS) is 20.9. The van der Waals surface area contributed by atoms with Crippen LogP contribution in [-0.2, 0) is 4.79 Å². The van der Waals surface area contributed by atoms with Crippen LogP contribution in [0.4, 0.5) is 0 Å². The molecule has 40 valence electrons. The van der Waals surface area contributed by atoms with Crippen LogP contribution in [0.1, 0.15) is 19.3 Å². The summed E-state index contributed by atoms with van der Waals surface area (Å²) in [5, 5.41) is 3.71. The van der Waals surface area contributed by atoms with Gasteiger partial charge in [-0.1, -0.05) is 0 Å². The molecule has 1 aliphatic carbocycles. The van der Waals surface area contributed by atoms with Gasteiger partial charge >= 0.3 is 5.97 Å².